The number of carbonyl (C=O) groups excluding carboxylic acids is 2. The van der Waals surface area contributed by atoms with Gasteiger partial charge in [-0.15, -0.1) is 0 Å². The maximum absolute atomic E-state index is 13.0. The summed E-state index contributed by atoms with van der Waals surface area (Å²) in [6.45, 7) is 0. The molecule has 0 radical (unpaired) electrons. The highest BCUT2D eigenvalue weighted by molar-refractivity contribution is 14.1. The molecule has 0 bridgehead atoms. The molecule has 0 aliphatic rings. The predicted molar refractivity (Wildman–Crippen MR) is 114 cm³/mol. The van der Waals surface area contributed by atoms with Gasteiger partial charge in [0.15, 0.2) is 0 Å². The second kappa shape index (κ2) is 9.47. The molecule has 2 aromatic carbocycles. The van der Waals surface area contributed by atoms with Crippen molar-refractivity contribution in [3.63, 3.8) is 0 Å². The molecular formula is C19H11ClF3IN4O3. The Kier molecular flexibility index (Phi) is 6.95. The first-order valence-corrected chi connectivity index (χ1v) is 9.82. The summed E-state index contributed by atoms with van der Waals surface area (Å²) in [6.07, 6.45) is -1.65. The van der Waals surface area contributed by atoms with Crippen LogP contribution in [0, 0.1) is 3.57 Å². The predicted octanol–water partition coefficient (Wildman–Crippen LogP) is 5.51. The van der Waals surface area contributed by atoms with Crippen LogP contribution in [0.1, 0.15) is 15.9 Å². The van der Waals surface area contributed by atoms with Gasteiger partial charge < -0.3 is 10.1 Å². The molecule has 12 heteroatoms. The highest BCUT2D eigenvalue weighted by atomic mass is 127. The van der Waals surface area contributed by atoms with Gasteiger partial charge in [-0.1, -0.05) is 23.7 Å². The number of benzene rings is 2. The number of urea groups is 1. The number of ether oxygens (including phenoxy) is 1. The average Bonchev–Trinajstić information content (AvgIpc) is 2.71. The van der Waals surface area contributed by atoms with Crippen LogP contribution in [0.15, 0.2) is 54.9 Å². The van der Waals surface area contributed by atoms with Crippen LogP contribution in [0.3, 0.4) is 0 Å². The monoisotopic (exact) mass is 562 g/mol. The first-order valence-electron chi connectivity index (χ1n) is 8.37. The number of imide groups is 1. The Labute approximate surface area is 192 Å². The van der Waals surface area contributed by atoms with E-state index >= 15 is 0 Å². The summed E-state index contributed by atoms with van der Waals surface area (Å²) in [4.78, 5) is 32.1. The fraction of sp³-hybridized carbons (Fsp3) is 0.0526. The zero-order valence-electron chi connectivity index (χ0n) is 15.2. The largest absolute Gasteiger partial charge is 0.423 e. The van der Waals surface area contributed by atoms with E-state index in [2.05, 4.69) is 15.3 Å². The number of nitrogens with zero attached hydrogens (tertiary/aromatic N) is 2. The van der Waals surface area contributed by atoms with Crippen molar-refractivity contribution in [2.45, 2.75) is 6.18 Å². The van der Waals surface area contributed by atoms with Gasteiger partial charge in [-0.3, -0.25) is 10.1 Å². The molecule has 3 rings (SSSR count). The Morgan fingerprint density at radius 3 is 2.39 bits per heavy atom. The Morgan fingerprint density at radius 2 is 1.74 bits per heavy atom. The van der Waals surface area contributed by atoms with Gasteiger partial charge >= 0.3 is 18.2 Å². The van der Waals surface area contributed by atoms with Crippen LogP contribution < -0.4 is 15.4 Å². The number of halogens is 5. The van der Waals surface area contributed by atoms with Gasteiger partial charge in [0.1, 0.15) is 5.75 Å². The van der Waals surface area contributed by atoms with Gasteiger partial charge in [0.2, 0.25) is 0 Å². The molecule has 0 aliphatic heterocycles. The molecule has 1 aromatic heterocycles. The maximum atomic E-state index is 13.0. The number of hydrogen-bond acceptors (Lipinski definition) is 5. The lowest BCUT2D eigenvalue weighted by molar-refractivity contribution is -0.137. The molecule has 160 valence electrons. The molecule has 3 amide bonds. The topological polar surface area (TPSA) is 93.2 Å². The first kappa shape index (κ1) is 22.7. The molecule has 0 saturated heterocycles. The molecule has 1 heterocycles. The van der Waals surface area contributed by atoms with Gasteiger partial charge in [-0.2, -0.15) is 13.2 Å². The molecule has 3 aromatic rings. The Hall–Kier alpha value is -2.93. The summed E-state index contributed by atoms with van der Waals surface area (Å²) in [7, 11) is 0. The summed E-state index contributed by atoms with van der Waals surface area (Å²) in [5.41, 5.74) is -1.65. The molecule has 0 atom stereocenters. The minimum Gasteiger partial charge on any atom is -0.423 e. The summed E-state index contributed by atoms with van der Waals surface area (Å²) in [5, 5.41) is 4.27. The summed E-state index contributed by atoms with van der Waals surface area (Å²) >= 11 is 8.16. The molecule has 7 nitrogen and oxygen atoms in total. The van der Waals surface area contributed by atoms with Crippen molar-refractivity contribution in [1.82, 2.24) is 15.3 Å². The van der Waals surface area contributed by atoms with Gasteiger partial charge in [-0.25, -0.2) is 14.8 Å². The van der Waals surface area contributed by atoms with Crippen molar-refractivity contribution < 1.29 is 27.5 Å². The Bertz CT molecular complexity index is 1130. The van der Waals surface area contributed by atoms with Crippen molar-refractivity contribution in [1.29, 1.82) is 0 Å². The van der Waals surface area contributed by atoms with Crippen molar-refractivity contribution in [3.8, 4) is 11.8 Å². The van der Waals surface area contributed by atoms with Gasteiger partial charge in [0, 0.05) is 21.7 Å². The fourth-order valence-corrected chi connectivity index (χ4v) is 2.87. The van der Waals surface area contributed by atoms with E-state index in [9.17, 15) is 22.8 Å². The quantitative estimate of drug-likeness (QED) is 0.409. The lowest BCUT2D eigenvalue weighted by Crippen LogP contribution is -2.35. The molecule has 0 fully saturated rings. The van der Waals surface area contributed by atoms with Crippen LogP contribution in [0.4, 0.5) is 23.7 Å². The van der Waals surface area contributed by atoms with Crippen molar-refractivity contribution >= 4 is 51.8 Å². The Balaban J connectivity index is 1.66. The number of amides is 3. The van der Waals surface area contributed by atoms with Crippen LogP contribution in [-0.2, 0) is 6.18 Å². The first-order chi connectivity index (χ1) is 14.6. The lowest BCUT2D eigenvalue weighted by atomic mass is 10.1. The van der Waals surface area contributed by atoms with E-state index in [-0.39, 0.29) is 22.5 Å². The second-order valence-electron chi connectivity index (χ2n) is 5.88. The minimum absolute atomic E-state index is 0.0645. The molecule has 2 N–H and O–H groups in total. The molecule has 31 heavy (non-hydrogen) atoms. The molecule has 0 aliphatic carbocycles. The standard InChI is InChI=1S/C19H11ClF3IN4O3/c20-14-7-11(5-6-15(14)31-18-25-8-10(24)9-26-18)27-17(30)28-16(29)12-3-1-2-4-13(12)19(21,22)23/h1-9H,(H2,27,28,29,30). The van der Waals surface area contributed by atoms with Crippen LogP contribution in [0.2, 0.25) is 5.02 Å². The van der Waals surface area contributed by atoms with E-state index in [1.807, 2.05) is 27.9 Å². The third kappa shape index (κ3) is 6.04. The number of nitrogens with one attached hydrogen (secondary N) is 2. The third-order valence-electron chi connectivity index (χ3n) is 3.69. The van der Waals surface area contributed by atoms with Crippen LogP contribution in [-0.4, -0.2) is 21.9 Å². The Morgan fingerprint density at radius 1 is 1.06 bits per heavy atom. The van der Waals surface area contributed by atoms with Crippen molar-refractivity contribution in [2.75, 3.05) is 5.32 Å². The van der Waals surface area contributed by atoms with E-state index < -0.39 is 29.2 Å². The number of aromatic nitrogens is 2. The van der Waals surface area contributed by atoms with Crippen LogP contribution in [0.25, 0.3) is 0 Å². The molecule has 0 spiro atoms. The number of anilines is 1. The van der Waals surface area contributed by atoms with Crippen molar-refractivity contribution in [2.24, 2.45) is 0 Å². The smallest absolute Gasteiger partial charge is 0.417 e. The third-order valence-corrected chi connectivity index (χ3v) is 4.54. The van der Waals surface area contributed by atoms with Crippen molar-refractivity contribution in [3.05, 3.63) is 74.6 Å². The van der Waals surface area contributed by atoms with Gasteiger partial charge in [0.05, 0.1) is 16.1 Å². The number of hydrogen-bond donors (Lipinski definition) is 2. The highest BCUT2D eigenvalue weighted by Gasteiger charge is 2.35. The summed E-state index contributed by atoms with van der Waals surface area (Å²) in [6, 6.07) is 7.34. The number of carbonyl (C=O) groups is 2. The van der Waals surface area contributed by atoms with E-state index in [1.54, 1.807) is 12.4 Å². The van der Waals surface area contributed by atoms with Crippen LogP contribution >= 0.6 is 34.2 Å². The van der Waals surface area contributed by atoms with E-state index in [1.165, 1.54) is 24.3 Å². The SMILES string of the molecule is O=C(NC(=O)c1ccccc1C(F)(F)F)Nc1ccc(Oc2ncc(I)cn2)c(Cl)c1. The van der Waals surface area contributed by atoms with Gasteiger partial charge in [0.25, 0.3) is 5.91 Å². The summed E-state index contributed by atoms with van der Waals surface area (Å²) in [5.74, 6) is -0.989. The normalized spacial score (nSPS) is 11.0. The van der Waals surface area contributed by atoms with E-state index in [0.29, 0.717) is 0 Å². The number of rotatable bonds is 4. The minimum atomic E-state index is -4.74. The zero-order valence-corrected chi connectivity index (χ0v) is 18.1. The fourth-order valence-electron chi connectivity index (χ4n) is 2.37. The lowest BCUT2D eigenvalue weighted by Gasteiger charge is -2.13. The van der Waals surface area contributed by atoms with Crippen LogP contribution in [0.5, 0.6) is 11.8 Å². The second-order valence-corrected chi connectivity index (χ2v) is 7.54. The zero-order chi connectivity index (χ0) is 22.6. The molecular weight excluding hydrogens is 552 g/mol. The molecule has 0 saturated carbocycles. The highest BCUT2D eigenvalue weighted by Crippen LogP contribution is 2.32. The average molecular weight is 563 g/mol. The van der Waals surface area contributed by atoms with E-state index in [0.717, 1.165) is 21.8 Å². The maximum Gasteiger partial charge on any atom is 0.417 e. The number of alkyl halides is 3. The van der Waals surface area contributed by atoms with E-state index in [4.69, 9.17) is 16.3 Å². The van der Waals surface area contributed by atoms with Gasteiger partial charge in [-0.05, 0) is 52.9 Å². The summed E-state index contributed by atoms with van der Waals surface area (Å²) < 4.78 is 45.4. The molecule has 0 unspecified atom stereocenters.